The fraction of sp³-hybridized carbons (Fsp3) is 0.300. The molecule has 1 N–H and O–H groups in total. The van der Waals surface area contributed by atoms with Crippen LogP contribution in [0.2, 0.25) is 0 Å². The number of nitrogens with one attached hydrogen (secondary N) is 1. The smallest absolute Gasteiger partial charge is 0.137 e. The molecule has 1 saturated heterocycles. The first-order valence-corrected chi connectivity index (χ1v) is 9.60. The Labute approximate surface area is 161 Å². The SMILES string of the molecule is Brc1ccc2ncnc(NCc3ccccc3CN3CCOCC3)c2c1. The van der Waals surface area contributed by atoms with Crippen molar-refractivity contribution in [3.8, 4) is 0 Å². The molecule has 4 rings (SSSR count). The van der Waals surface area contributed by atoms with Crippen molar-refractivity contribution in [2.75, 3.05) is 31.6 Å². The van der Waals surface area contributed by atoms with E-state index >= 15 is 0 Å². The highest BCUT2D eigenvalue weighted by molar-refractivity contribution is 9.10. The lowest BCUT2D eigenvalue weighted by molar-refractivity contribution is 0.0341. The highest BCUT2D eigenvalue weighted by Crippen LogP contribution is 2.24. The Bertz CT molecular complexity index is 896. The van der Waals surface area contributed by atoms with Crippen LogP contribution in [0.4, 0.5) is 5.82 Å². The molecule has 3 aromatic rings. The number of halogens is 1. The maximum absolute atomic E-state index is 5.45. The van der Waals surface area contributed by atoms with E-state index in [4.69, 9.17) is 4.74 Å². The van der Waals surface area contributed by atoms with Crippen molar-refractivity contribution in [1.82, 2.24) is 14.9 Å². The second-order valence-electron chi connectivity index (χ2n) is 6.39. The van der Waals surface area contributed by atoms with Crippen molar-refractivity contribution in [1.29, 1.82) is 0 Å². The summed E-state index contributed by atoms with van der Waals surface area (Å²) in [6, 6.07) is 14.6. The summed E-state index contributed by atoms with van der Waals surface area (Å²) in [4.78, 5) is 11.2. The molecule has 0 unspecified atom stereocenters. The first kappa shape index (κ1) is 17.4. The minimum Gasteiger partial charge on any atom is -0.379 e. The molecule has 2 heterocycles. The van der Waals surface area contributed by atoms with Crippen molar-refractivity contribution < 1.29 is 4.74 Å². The van der Waals surface area contributed by atoms with Crippen LogP contribution >= 0.6 is 15.9 Å². The van der Waals surface area contributed by atoms with E-state index in [9.17, 15) is 0 Å². The van der Waals surface area contributed by atoms with E-state index in [1.165, 1.54) is 11.1 Å². The van der Waals surface area contributed by atoms with Crippen LogP contribution in [0.15, 0.2) is 53.3 Å². The number of hydrogen-bond acceptors (Lipinski definition) is 5. The lowest BCUT2D eigenvalue weighted by atomic mass is 10.1. The maximum Gasteiger partial charge on any atom is 0.137 e. The van der Waals surface area contributed by atoms with Crippen LogP contribution in [-0.4, -0.2) is 41.2 Å². The van der Waals surface area contributed by atoms with Crippen LogP contribution in [0, 0.1) is 0 Å². The molecule has 1 aliphatic heterocycles. The molecule has 26 heavy (non-hydrogen) atoms. The zero-order valence-corrected chi connectivity index (χ0v) is 16.1. The molecule has 2 aromatic carbocycles. The van der Waals surface area contributed by atoms with Gasteiger partial charge in [-0.3, -0.25) is 4.90 Å². The molecule has 1 aromatic heterocycles. The van der Waals surface area contributed by atoms with Crippen LogP contribution in [0.3, 0.4) is 0 Å². The van der Waals surface area contributed by atoms with Crippen LogP contribution in [0.25, 0.3) is 10.9 Å². The van der Waals surface area contributed by atoms with E-state index in [0.29, 0.717) is 0 Å². The van der Waals surface area contributed by atoms with Crippen molar-refractivity contribution >= 4 is 32.7 Å². The number of benzene rings is 2. The van der Waals surface area contributed by atoms with Gasteiger partial charge < -0.3 is 10.1 Å². The normalized spacial score (nSPS) is 15.3. The van der Waals surface area contributed by atoms with Gasteiger partial charge in [0.2, 0.25) is 0 Å². The quantitative estimate of drug-likeness (QED) is 0.689. The van der Waals surface area contributed by atoms with Crippen molar-refractivity contribution in [3.63, 3.8) is 0 Å². The van der Waals surface area contributed by atoms with Gasteiger partial charge in [0.25, 0.3) is 0 Å². The Hall–Kier alpha value is -2.02. The molecule has 1 fully saturated rings. The number of hydrogen-bond donors (Lipinski definition) is 1. The summed E-state index contributed by atoms with van der Waals surface area (Å²) in [6.45, 7) is 5.32. The van der Waals surface area contributed by atoms with Gasteiger partial charge in [-0.2, -0.15) is 0 Å². The molecule has 0 amide bonds. The molecule has 0 bridgehead atoms. The number of aromatic nitrogens is 2. The number of ether oxygens (including phenoxy) is 1. The second-order valence-corrected chi connectivity index (χ2v) is 7.31. The van der Waals surface area contributed by atoms with Gasteiger partial charge >= 0.3 is 0 Å². The van der Waals surface area contributed by atoms with Gasteiger partial charge in [-0.05, 0) is 29.3 Å². The number of fused-ring (bicyclic) bond motifs is 1. The summed E-state index contributed by atoms with van der Waals surface area (Å²) in [5.41, 5.74) is 3.58. The number of rotatable bonds is 5. The van der Waals surface area contributed by atoms with Crippen LogP contribution in [0.1, 0.15) is 11.1 Å². The summed E-state index contributed by atoms with van der Waals surface area (Å²) in [5.74, 6) is 0.859. The van der Waals surface area contributed by atoms with E-state index in [0.717, 1.165) is 60.6 Å². The number of nitrogens with zero attached hydrogens (tertiary/aromatic N) is 3. The standard InChI is InChI=1S/C20H21BrN4O/c21-17-5-6-19-18(11-17)20(24-14-23-19)22-12-15-3-1-2-4-16(15)13-25-7-9-26-10-8-25/h1-6,11,14H,7-10,12-13H2,(H,22,23,24). The topological polar surface area (TPSA) is 50.3 Å². The fourth-order valence-corrected chi connectivity index (χ4v) is 3.59. The molecule has 0 radical (unpaired) electrons. The maximum atomic E-state index is 5.45. The van der Waals surface area contributed by atoms with E-state index in [2.05, 4.69) is 66.4 Å². The third kappa shape index (κ3) is 4.03. The molecule has 1 aliphatic rings. The van der Waals surface area contributed by atoms with E-state index in [-0.39, 0.29) is 0 Å². The largest absolute Gasteiger partial charge is 0.379 e. The fourth-order valence-electron chi connectivity index (χ4n) is 3.23. The Balaban J connectivity index is 1.52. The van der Waals surface area contributed by atoms with Gasteiger partial charge in [-0.1, -0.05) is 40.2 Å². The van der Waals surface area contributed by atoms with Crippen molar-refractivity contribution in [2.45, 2.75) is 13.1 Å². The number of anilines is 1. The molecule has 6 heteroatoms. The summed E-state index contributed by atoms with van der Waals surface area (Å²) < 4.78 is 6.48. The summed E-state index contributed by atoms with van der Waals surface area (Å²) in [7, 11) is 0. The molecule has 0 saturated carbocycles. The molecule has 0 aliphatic carbocycles. The van der Waals surface area contributed by atoms with Gasteiger partial charge in [0.05, 0.1) is 18.7 Å². The summed E-state index contributed by atoms with van der Waals surface area (Å²) in [5, 5.41) is 4.51. The Morgan fingerprint density at radius 1 is 1.04 bits per heavy atom. The van der Waals surface area contributed by atoms with Gasteiger partial charge in [-0.15, -0.1) is 0 Å². The average Bonchev–Trinajstić information content (AvgIpc) is 2.68. The van der Waals surface area contributed by atoms with E-state index in [1.54, 1.807) is 6.33 Å². The van der Waals surface area contributed by atoms with E-state index < -0.39 is 0 Å². The zero-order chi connectivity index (χ0) is 17.8. The Kier molecular flexibility index (Phi) is 5.43. The molecular weight excluding hydrogens is 392 g/mol. The third-order valence-electron chi connectivity index (χ3n) is 4.66. The van der Waals surface area contributed by atoms with E-state index in [1.807, 2.05) is 12.1 Å². The first-order valence-electron chi connectivity index (χ1n) is 8.80. The lowest BCUT2D eigenvalue weighted by Gasteiger charge is -2.27. The Morgan fingerprint density at radius 3 is 2.69 bits per heavy atom. The van der Waals surface area contributed by atoms with Gasteiger partial charge in [0.1, 0.15) is 12.1 Å². The predicted molar refractivity (Wildman–Crippen MR) is 107 cm³/mol. The number of morpholine rings is 1. The zero-order valence-electron chi connectivity index (χ0n) is 14.5. The van der Waals surface area contributed by atoms with Crippen LogP contribution in [-0.2, 0) is 17.8 Å². The summed E-state index contributed by atoms with van der Waals surface area (Å²) in [6.07, 6.45) is 1.61. The highest BCUT2D eigenvalue weighted by atomic mass is 79.9. The molecule has 0 atom stereocenters. The lowest BCUT2D eigenvalue weighted by Crippen LogP contribution is -2.35. The van der Waals surface area contributed by atoms with Crippen LogP contribution < -0.4 is 5.32 Å². The van der Waals surface area contributed by atoms with Gasteiger partial charge in [0.15, 0.2) is 0 Å². The second kappa shape index (κ2) is 8.12. The Morgan fingerprint density at radius 2 is 1.85 bits per heavy atom. The molecular formula is C20H21BrN4O. The van der Waals surface area contributed by atoms with Crippen molar-refractivity contribution in [3.05, 3.63) is 64.4 Å². The first-order chi connectivity index (χ1) is 12.8. The minimum absolute atomic E-state index is 0.735. The van der Waals surface area contributed by atoms with Gasteiger partial charge in [0, 0.05) is 36.0 Å². The van der Waals surface area contributed by atoms with Crippen LogP contribution in [0.5, 0.6) is 0 Å². The summed E-state index contributed by atoms with van der Waals surface area (Å²) >= 11 is 3.53. The minimum atomic E-state index is 0.735. The predicted octanol–water partition coefficient (Wildman–Crippen LogP) is 3.84. The third-order valence-corrected chi connectivity index (χ3v) is 5.15. The molecule has 5 nitrogen and oxygen atoms in total. The van der Waals surface area contributed by atoms with Gasteiger partial charge in [-0.25, -0.2) is 9.97 Å². The van der Waals surface area contributed by atoms with Crippen molar-refractivity contribution in [2.24, 2.45) is 0 Å². The monoisotopic (exact) mass is 412 g/mol. The highest BCUT2D eigenvalue weighted by Gasteiger charge is 2.13. The average molecular weight is 413 g/mol. The molecule has 134 valence electrons. The molecule has 0 spiro atoms.